The summed E-state index contributed by atoms with van der Waals surface area (Å²) in [6.45, 7) is 7.73. The molecule has 5 heterocycles. The number of nitrogens with one attached hydrogen (secondary N) is 2. The van der Waals surface area contributed by atoms with Crippen molar-refractivity contribution in [1.82, 2.24) is 19.8 Å². The van der Waals surface area contributed by atoms with Gasteiger partial charge in [-0.25, -0.2) is 21.8 Å². The van der Waals surface area contributed by atoms with Crippen LogP contribution in [0.4, 0.5) is 24.5 Å². The third-order valence-electron chi connectivity index (χ3n) is 12.1. The molecule has 1 amide bonds. The van der Waals surface area contributed by atoms with Crippen LogP contribution in [-0.4, -0.2) is 119 Å². The summed E-state index contributed by atoms with van der Waals surface area (Å²) in [6.07, 6.45) is 4.65. The van der Waals surface area contributed by atoms with Gasteiger partial charge in [-0.05, 0) is 118 Å². The zero-order valence-corrected chi connectivity index (χ0v) is 38.3. The van der Waals surface area contributed by atoms with Crippen molar-refractivity contribution in [2.45, 2.75) is 64.9 Å². The maximum atomic E-state index is 15.3. The van der Waals surface area contributed by atoms with Crippen LogP contribution in [-0.2, 0) is 24.4 Å². The molecule has 0 saturated carbocycles. The first-order valence-corrected chi connectivity index (χ1v) is 24.4. The molecule has 3 aromatic carbocycles. The molecule has 20 heteroatoms. The van der Waals surface area contributed by atoms with Crippen LogP contribution in [0.15, 0.2) is 99.4 Å². The summed E-state index contributed by atoms with van der Waals surface area (Å²) in [5, 5.41) is 4.15. The van der Waals surface area contributed by atoms with Crippen LogP contribution < -0.4 is 20.7 Å². The topological polar surface area (TPSA) is 180 Å². The SMILES string of the molecule is CN1CCC(Nc2ccc(S(=O)(=O)c3c(N4CCN(CC5=C(c6ccc(Cl)cc6)CC(C)(C)OC5)CC4)ccc(C(N)=O)c3Oc3cnc4[nH]ccc4c3)cc2S(=O)(=O)C(F)(F)F)CC1. The molecule has 65 heavy (non-hydrogen) atoms. The number of sulfone groups is 2. The molecule has 3 aliphatic rings. The summed E-state index contributed by atoms with van der Waals surface area (Å²) in [6, 6.07) is 15.9. The number of amides is 1. The van der Waals surface area contributed by atoms with E-state index in [4.69, 9.17) is 26.8 Å². The fourth-order valence-electron chi connectivity index (χ4n) is 8.56. The summed E-state index contributed by atoms with van der Waals surface area (Å²) in [5.74, 6) is -1.52. The van der Waals surface area contributed by atoms with Gasteiger partial charge in [-0.15, -0.1) is 0 Å². The summed E-state index contributed by atoms with van der Waals surface area (Å²) in [5.41, 5.74) is 2.84. The number of anilines is 2. The number of nitrogens with zero attached hydrogens (tertiary/aromatic N) is 4. The number of hydrogen-bond acceptors (Lipinski definition) is 12. The van der Waals surface area contributed by atoms with Gasteiger partial charge in [0.25, 0.3) is 15.7 Å². The van der Waals surface area contributed by atoms with Gasteiger partial charge in [-0.1, -0.05) is 23.7 Å². The number of benzene rings is 3. The molecule has 0 spiro atoms. The number of aromatic nitrogens is 2. The van der Waals surface area contributed by atoms with E-state index in [1.54, 1.807) is 23.2 Å². The average molecular weight is 957 g/mol. The molecule has 346 valence electrons. The summed E-state index contributed by atoms with van der Waals surface area (Å²) in [7, 11) is -9.25. The van der Waals surface area contributed by atoms with E-state index in [1.807, 2.05) is 50.1 Å². The van der Waals surface area contributed by atoms with Crippen LogP contribution in [0.5, 0.6) is 11.5 Å². The number of aromatic amines is 1. The van der Waals surface area contributed by atoms with E-state index in [-0.39, 0.29) is 47.4 Å². The van der Waals surface area contributed by atoms with Crippen molar-refractivity contribution in [2.24, 2.45) is 5.73 Å². The lowest BCUT2D eigenvalue weighted by atomic mass is 9.87. The second-order valence-corrected chi connectivity index (χ2v) is 21.5. The fourth-order valence-corrected chi connectivity index (χ4v) is 11.3. The van der Waals surface area contributed by atoms with Gasteiger partial charge < -0.3 is 35.3 Å². The van der Waals surface area contributed by atoms with E-state index in [9.17, 15) is 26.4 Å². The van der Waals surface area contributed by atoms with E-state index in [1.165, 1.54) is 18.3 Å². The molecule has 2 aromatic heterocycles. The molecular weight excluding hydrogens is 907 g/mol. The molecule has 0 atom stereocenters. The predicted molar refractivity (Wildman–Crippen MR) is 242 cm³/mol. The average Bonchev–Trinajstić information content (AvgIpc) is 3.73. The number of pyridine rings is 1. The summed E-state index contributed by atoms with van der Waals surface area (Å²) in [4.78, 5) is 23.8. The van der Waals surface area contributed by atoms with Gasteiger partial charge in [0.15, 0.2) is 5.75 Å². The van der Waals surface area contributed by atoms with Crippen molar-refractivity contribution in [3.63, 3.8) is 0 Å². The first kappa shape index (κ1) is 46.4. The van der Waals surface area contributed by atoms with Gasteiger partial charge >= 0.3 is 5.51 Å². The van der Waals surface area contributed by atoms with Gasteiger partial charge in [-0.3, -0.25) is 9.69 Å². The number of primary amides is 1. The maximum Gasteiger partial charge on any atom is 0.501 e. The Morgan fingerprint density at radius 1 is 0.985 bits per heavy atom. The Kier molecular flexibility index (Phi) is 12.8. The van der Waals surface area contributed by atoms with Gasteiger partial charge in [0, 0.05) is 61.8 Å². The number of carbonyl (C=O) groups excluding carboxylic acids is 1. The van der Waals surface area contributed by atoms with Gasteiger partial charge in [0.1, 0.15) is 21.2 Å². The molecule has 0 bridgehead atoms. The van der Waals surface area contributed by atoms with Crippen molar-refractivity contribution in [1.29, 1.82) is 0 Å². The monoisotopic (exact) mass is 955 g/mol. The minimum atomic E-state index is -6.10. The number of nitrogens with two attached hydrogens (primary N) is 1. The van der Waals surface area contributed by atoms with Gasteiger partial charge in [0.05, 0.1) is 40.2 Å². The predicted octanol–water partition coefficient (Wildman–Crippen LogP) is 7.51. The largest absolute Gasteiger partial charge is 0.501 e. The highest BCUT2D eigenvalue weighted by molar-refractivity contribution is 7.93. The first-order chi connectivity index (χ1) is 30.7. The lowest BCUT2D eigenvalue weighted by molar-refractivity contribution is -0.0436. The van der Waals surface area contributed by atoms with E-state index >= 15 is 8.42 Å². The Labute approximate surface area is 380 Å². The number of likely N-dealkylation sites (tertiary alicyclic amines) is 1. The lowest BCUT2D eigenvalue weighted by Gasteiger charge is -2.40. The number of ether oxygens (including phenoxy) is 2. The molecule has 0 radical (unpaired) electrons. The molecule has 5 aromatic rings. The second kappa shape index (κ2) is 17.9. The molecule has 3 aliphatic heterocycles. The van der Waals surface area contributed by atoms with E-state index in [0.717, 1.165) is 28.8 Å². The number of hydrogen-bond donors (Lipinski definition) is 3. The Morgan fingerprint density at radius 3 is 2.37 bits per heavy atom. The molecule has 0 aliphatic carbocycles. The van der Waals surface area contributed by atoms with Crippen LogP contribution in [0.2, 0.25) is 5.02 Å². The minimum absolute atomic E-state index is 0.0266. The van der Waals surface area contributed by atoms with Gasteiger partial charge in [-0.2, -0.15) is 13.2 Å². The third-order valence-corrected chi connectivity index (χ3v) is 15.7. The highest BCUT2D eigenvalue weighted by Crippen LogP contribution is 2.45. The first-order valence-electron chi connectivity index (χ1n) is 21.0. The van der Waals surface area contributed by atoms with Crippen molar-refractivity contribution < 1.29 is 44.3 Å². The normalized spacial score (nSPS) is 18.3. The standard InChI is InChI=1S/C45H49ClF3N7O7S2/c1-44(2)24-36(28-4-6-31(46)7-5-28)30(27-62-44)26-55-18-20-56(21-19-55)38-11-9-35(42(50)57)40(63-33-22-29-12-15-51-43(29)52-25-33)41(38)64(58,59)34-8-10-37(53-32-13-16-54(3)17-14-32)39(23-34)65(60,61)45(47,48)49/h4-12,15,22-23,25,32,53H,13-14,16-21,24,26-27H2,1-3H3,(H2,50,57)(H,51,52). The number of piperazine rings is 1. The number of halogens is 4. The van der Waals surface area contributed by atoms with E-state index < -0.39 is 51.5 Å². The second-order valence-electron chi connectivity index (χ2n) is 17.3. The lowest BCUT2D eigenvalue weighted by Crippen LogP contribution is -2.48. The summed E-state index contributed by atoms with van der Waals surface area (Å²) < 4.78 is 113. The van der Waals surface area contributed by atoms with Crippen molar-refractivity contribution >= 4 is 65.2 Å². The van der Waals surface area contributed by atoms with Crippen LogP contribution in [0.25, 0.3) is 16.6 Å². The van der Waals surface area contributed by atoms with Crippen molar-refractivity contribution in [3.05, 3.63) is 101 Å². The number of rotatable bonds is 12. The minimum Gasteiger partial charge on any atom is -0.453 e. The molecule has 8 rings (SSSR count). The molecule has 4 N–H and O–H groups in total. The zero-order valence-electron chi connectivity index (χ0n) is 35.9. The number of H-pyrrole nitrogens is 1. The van der Waals surface area contributed by atoms with Crippen LogP contribution in [0, 0.1) is 0 Å². The van der Waals surface area contributed by atoms with Crippen LogP contribution in [0.3, 0.4) is 0 Å². The molecule has 14 nitrogen and oxygen atoms in total. The Hall–Kier alpha value is -5.18. The molecule has 2 saturated heterocycles. The highest BCUT2D eigenvalue weighted by atomic mass is 35.5. The Bertz CT molecular complexity index is 2870. The molecular formula is C45H49ClF3N7O7S2. The molecule has 0 unspecified atom stereocenters. The van der Waals surface area contributed by atoms with Crippen molar-refractivity contribution in [3.8, 4) is 11.5 Å². The maximum absolute atomic E-state index is 15.3. The number of carbonyl (C=O) groups is 1. The van der Waals surface area contributed by atoms with Gasteiger partial charge in [0.2, 0.25) is 9.84 Å². The zero-order chi connectivity index (χ0) is 46.5. The Balaban J connectivity index is 1.20. The van der Waals surface area contributed by atoms with Crippen LogP contribution in [0.1, 0.15) is 49.0 Å². The highest BCUT2D eigenvalue weighted by Gasteiger charge is 2.49. The smallest absolute Gasteiger partial charge is 0.453 e. The number of fused-ring (bicyclic) bond motifs is 1. The number of piperidine rings is 1. The van der Waals surface area contributed by atoms with E-state index in [0.29, 0.717) is 80.7 Å². The van der Waals surface area contributed by atoms with E-state index in [2.05, 4.69) is 20.2 Å². The fraction of sp³-hybridized carbons (Fsp3) is 0.378. The van der Waals surface area contributed by atoms with Crippen LogP contribution >= 0.6 is 11.6 Å². The third kappa shape index (κ3) is 9.71. The number of alkyl halides is 3. The summed E-state index contributed by atoms with van der Waals surface area (Å²) >= 11 is 6.22. The van der Waals surface area contributed by atoms with Crippen molar-refractivity contribution in [2.75, 3.05) is 69.7 Å². The molecule has 2 fully saturated rings. The Morgan fingerprint density at radius 2 is 1.69 bits per heavy atom. The quantitative estimate of drug-likeness (QED) is 0.112.